The number of phenolic OH excluding ortho intramolecular Hbond substituents is 1. The maximum Gasteiger partial charge on any atom is 0.115 e. The third-order valence-corrected chi connectivity index (χ3v) is 6.66. The molecule has 0 spiro atoms. The van der Waals surface area contributed by atoms with Gasteiger partial charge >= 0.3 is 0 Å². The largest absolute Gasteiger partial charge is 0.508 e. The average Bonchev–Trinajstić information content (AvgIpc) is 3.01. The van der Waals surface area contributed by atoms with Gasteiger partial charge in [-0.25, -0.2) is 0 Å². The van der Waals surface area contributed by atoms with Gasteiger partial charge in [0, 0.05) is 17.4 Å². The fourth-order valence-electron chi connectivity index (χ4n) is 5.54. The van der Waals surface area contributed by atoms with Gasteiger partial charge in [0.2, 0.25) is 0 Å². The molecule has 3 aliphatic rings. The summed E-state index contributed by atoms with van der Waals surface area (Å²) in [6.45, 7) is 8.32. The minimum atomic E-state index is -0.0883. The maximum absolute atomic E-state index is 10.4. The number of hydrogen-bond donors (Lipinski definition) is 2. The molecule has 0 heterocycles. The third-order valence-electron chi connectivity index (χ3n) is 6.66. The number of aryl methyl sites for hydroxylation is 1. The van der Waals surface area contributed by atoms with Gasteiger partial charge in [0.05, 0.1) is 6.10 Å². The first kappa shape index (κ1) is 25.5. The summed E-state index contributed by atoms with van der Waals surface area (Å²) < 4.78 is 0. The number of carbonyl (C=O) groups excluding carboxylic acids is 3. The normalized spacial score (nSPS) is 32.1. The van der Waals surface area contributed by atoms with E-state index in [2.05, 4.69) is 13.0 Å². The molecule has 0 saturated heterocycles. The van der Waals surface area contributed by atoms with E-state index in [0.717, 1.165) is 25.2 Å². The van der Waals surface area contributed by atoms with Gasteiger partial charge in [0.1, 0.15) is 26.1 Å². The molecule has 0 aliphatic heterocycles. The van der Waals surface area contributed by atoms with E-state index in [1.165, 1.54) is 30.4 Å². The first-order chi connectivity index (χ1) is 12.6. The van der Waals surface area contributed by atoms with Gasteiger partial charge in [0.25, 0.3) is 0 Å². The van der Waals surface area contributed by atoms with Gasteiger partial charge in [-0.05, 0) is 85.0 Å². The van der Waals surface area contributed by atoms with Crippen LogP contribution in [-0.2, 0) is 38.2 Å². The smallest absolute Gasteiger partial charge is 0.115 e. The molecule has 6 heteroatoms. The van der Waals surface area contributed by atoms with Gasteiger partial charge in [-0.3, -0.25) is 0 Å². The van der Waals surface area contributed by atoms with E-state index >= 15 is 0 Å². The standard InChI is InChI=1S/C18H24O2.3CH2O.Cr/c1-18-9-8-14-13-5-3-12(19)10-11(13)2-4-15(14)16(18)6-7-17(18)20;3*1-2;/h3,5,10,14-17,19-20H,2,4,6-9H2,1H3;3*1H2;/t14?,15?,16?,17-,18-;;;;/m0..../s1. The van der Waals surface area contributed by atoms with Crippen molar-refractivity contribution >= 4 is 20.4 Å². The van der Waals surface area contributed by atoms with Crippen molar-refractivity contribution in [2.24, 2.45) is 17.3 Å². The quantitative estimate of drug-likeness (QED) is 0.681. The summed E-state index contributed by atoms with van der Waals surface area (Å²) in [4.78, 5) is 24.0. The minimum absolute atomic E-state index is 0. The molecular formula is C21H30CrO5. The van der Waals surface area contributed by atoms with Crippen LogP contribution in [0.2, 0.25) is 0 Å². The molecule has 150 valence electrons. The van der Waals surface area contributed by atoms with Crippen LogP contribution in [0.4, 0.5) is 0 Å². The summed E-state index contributed by atoms with van der Waals surface area (Å²) in [6.07, 6.45) is 6.78. The SMILES string of the molecule is C=O.C=O.C=O.C[C@]12CCC3c4ccc(O)cc4CCC3C1CC[C@@H]2O.[Cr]. The summed E-state index contributed by atoms with van der Waals surface area (Å²) >= 11 is 0. The first-order valence-electron chi connectivity index (χ1n) is 8.96. The van der Waals surface area contributed by atoms with E-state index < -0.39 is 0 Å². The molecule has 4 rings (SSSR count). The molecule has 0 amide bonds. The van der Waals surface area contributed by atoms with Crippen LogP contribution in [-0.4, -0.2) is 36.7 Å². The molecule has 3 unspecified atom stereocenters. The van der Waals surface area contributed by atoms with Crippen LogP contribution < -0.4 is 0 Å². The van der Waals surface area contributed by atoms with Gasteiger partial charge in [-0.15, -0.1) is 0 Å². The number of aliphatic hydroxyl groups excluding tert-OH is 1. The Kier molecular flexibility index (Phi) is 10.8. The van der Waals surface area contributed by atoms with Crippen LogP contribution in [0.5, 0.6) is 5.75 Å². The Morgan fingerprint density at radius 3 is 2.26 bits per heavy atom. The Bertz CT molecular complexity index is 591. The van der Waals surface area contributed by atoms with Crippen molar-refractivity contribution in [3.05, 3.63) is 29.3 Å². The number of hydrogen-bond acceptors (Lipinski definition) is 5. The van der Waals surface area contributed by atoms with E-state index in [9.17, 15) is 10.2 Å². The maximum atomic E-state index is 10.4. The molecule has 1 aromatic rings. The van der Waals surface area contributed by atoms with Crippen LogP contribution in [0.15, 0.2) is 18.2 Å². The van der Waals surface area contributed by atoms with Crippen LogP contribution in [0, 0.1) is 17.3 Å². The molecule has 0 aromatic heterocycles. The Labute approximate surface area is 172 Å². The zero-order chi connectivity index (χ0) is 19.9. The van der Waals surface area contributed by atoms with Crippen molar-refractivity contribution in [3.63, 3.8) is 0 Å². The average molecular weight is 414 g/mol. The summed E-state index contributed by atoms with van der Waals surface area (Å²) in [6, 6.07) is 5.96. The second-order valence-electron chi connectivity index (χ2n) is 7.44. The van der Waals surface area contributed by atoms with Crippen LogP contribution in [0.1, 0.15) is 56.1 Å². The number of aromatic hydroxyl groups is 1. The monoisotopic (exact) mass is 414 g/mol. The van der Waals surface area contributed by atoms with Crippen molar-refractivity contribution in [2.75, 3.05) is 0 Å². The van der Waals surface area contributed by atoms with Crippen LogP contribution in [0.25, 0.3) is 0 Å². The molecular weight excluding hydrogens is 384 g/mol. The van der Waals surface area contributed by atoms with Crippen LogP contribution >= 0.6 is 0 Å². The molecule has 5 atom stereocenters. The summed E-state index contributed by atoms with van der Waals surface area (Å²) in [7, 11) is 0. The Morgan fingerprint density at radius 1 is 1.00 bits per heavy atom. The number of phenols is 1. The number of carbonyl (C=O) groups is 3. The van der Waals surface area contributed by atoms with Crippen molar-refractivity contribution in [1.82, 2.24) is 0 Å². The number of benzene rings is 1. The fraction of sp³-hybridized carbons (Fsp3) is 0.571. The summed E-state index contributed by atoms with van der Waals surface area (Å²) in [5.74, 6) is 2.49. The van der Waals surface area contributed by atoms with Gasteiger partial charge in [0.15, 0.2) is 0 Å². The van der Waals surface area contributed by atoms with E-state index in [-0.39, 0.29) is 28.9 Å². The fourth-order valence-corrected chi connectivity index (χ4v) is 5.54. The molecule has 2 saturated carbocycles. The molecule has 2 N–H and O–H groups in total. The molecule has 0 bridgehead atoms. The molecule has 2 fully saturated rings. The van der Waals surface area contributed by atoms with E-state index in [1.807, 2.05) is 32.5 Å². The van der Waals surface area contributed by atoms with Gasteiger partial charge in [-0.2, -0.15) is 0 Å². The van der Waals surface area contributed by atoms with Crippen molar-refractivity contribution < 1.29 is 42.0 Å². The van der Waals surface area contributed by atoms with Gasteiger partial charge < -0.3 is 24.6 Å². The zero-order valence-electron chi connectivity index (χ0n) is 15.9. The van der Waals surface area contributed by atoms with Gasteiger partial charge in [-0.1, -0.05) is 13.0 Å². The van der Waals surface area contributed by atoms with Crippen molar-refractivity contribution in [3.8, 4) is 5.75 Å². The number of aliphatic hydroxyl groups is 1. The van der Waals surface area contributed by atoms with E-state index in [4.69, 9.17) is 14.4 Å². The second-order valence-corrected chi connectivity index (χ2v) is 7.44. The van der Waals surface area contributed by atoms with Crippen molar-refractivity contribution in [1.29, 1.82) is 0 Å². The molecule has 27 heavy (non-hydrogen) atoms. The van der Waals surface area contributed by atoms with E-state index in [0.29, 0.717) is 17.6 Å². The molecule has 3 aliphatic carbocycles. The summed E-state index contributed by atoms with van der Waals surface area (Å²) in [5, 5.41) is 20.0. The predicted molar refractivity (Wildman–Crippen MR) is 100 cm³/mol. The molecule has 5 nitrogen and oxygen atoms in total. The topological polar surface area (TPSA) is 91.7 Å². The Balaban J connectivity index is 0.000000885. The minimum Gasteiger partial charge on any atom is -0.508 e. The number of fused-ring (bicyclic) bond motifs is 5. The third kappa shape index (κ3) is 4.69. The van der Waals surface area contributed by atoms with Crippen LogP contribution in [0.3, 0.4) is 0 Å². The molecule has 1 aromatic carbocycles. The summed E-state index contributed by atoms with van der Waals surface area (Å²) in [5.41, 5.74) is 2.99. The van der Waals surface area contributed by atoms with E-state index in [1.54, 1.807) is 0 Å². The zero-order valence-corrected chi connectivity index (χ0v) is 17.2. The number of rotatable bonds is 0. The molecule has 0 radical (unpaired) electrons. The second kappa shape index (κ2) is 11.4. The van der Waals surface area contributed by atoms with Crippen molar-refractivity contribution in [2.45, 2.75) is 57.5 Å². The first-order valence-corrected chi connectivity index (χ1v) is 8.96. The predicted octanol–water partition coefficient (Wildman–Crippen LogP) is 3.05. The Morgan fingerprint density at radius 2 is 1.63 bits per heavy atom. The Hall–Kier alpha value is -1.48.